The van der Waals surface area contributed by atoms with Crippen molar-refractivity contribution in [2.45, 2.75) is 0 Å². The van der Waals surface area contributed by atoms with Crippen molar-refractivity contribution < 1.29 is 20.4 Å². The summed E-state index contributed by atoms with van der Waals surface area (Å²) in [7, 11) is 7.89. The third kappa shape index (κ3) is 12.2. The van der Waals surface area contributed by atoms with Gasteiger partial charge in [0, 0.05) is 20.4 Å². The normalized spacial score (nSPS) is 8.32. The first-order valence-electron chi connectivity index (χ1n) is 6.60. The topological polar surface area (TPSA) is 0 Å². The smallest absolute Gasteiger partial charge is 0 e. The van der Waals surface area contributed by atoms with E-state index in [0.717, 1.165) is 0 Å². The molecule has 0 fully saturated rings. The van der Waals surface area contributed by atoms with Crippen LogP contribution in [0.15, 0.2) is 91.0 Å². The zero-order valence-corrected chi connectivity index (χ0v) is 17.2. The largest absolute Gasteiger partial charge is 0.106 e. The molecular formula is C18H21P3Pd. The molecule has 0 N–H and O–H groups in total. The van der Waals surface area contributed by atoms with Gasteiger partial charge < -0.3 is 0 Å². The minimum atomic E-state index is 0. The van der Waals surface area contributed by atoms with Crippen LogP contribution in [0.25, 0.3) is 0 Å². The monoisotopic (exact) mass is 436 g/mol. The van der Waals surface area contributed by atoms with E-state index in [4.69, 9.17) is 0 Å². The van der Waals surface area contributed by atoms with Crippen molar-refractivity contribution in [2.24, 2.45) is 0 Å². The fourth-order valence-corrected chi connectivity index (χ4v) is 2.03. The predicted octanol–water partition coefficient (Wildman–Crippen LogP) is 3.56. The molecule has 0 amide bonds. The van der Waals surface area contributed by atoms with E-state index in [1.807, 2.05) is 91.0 Å². The van der Waals surface area contributed by atoms with E-state index in [1.165, 1.54) is 15.9 Å². The Bertz CT molecular complexity index is 497. The average molecular weight is 437 g/mol. The van der Waals surface area contributed by atoms with Gasteiger partial charge in [-0.15, -0.1) is 27.7 Å². The Balaban J connectivity index is 0.000000294. The molecule has 0 spiro atoms. The number of hydrogen-bond donors (Lipinski definition) is 0. The Morgan fingerprint density at radius 2 is 0.545 bits per heavy atom. The van der Waals surface area contributed by atoms with Crippen LogP contribution < -0.4 is 15.9 Å². The SMILES string of the molecule is Pc1ccccc1.Pc1ccccc1.Pc1ccccc1.[Pd]. The molecule has 3 aromatic rings. The standard InChI is InChI=1S/3C6H7P.Pd/c3*7-6-4-2-1-3-5-6;/h3*1-5H,7H2;. The van der Waals surface area contributed by atoms with Crippen LogP contribution in [0.3, 0.4) is 0 Å². The fraction of sp³-hybridized carbons (Fsp3) is 0. The maximum absolute atomic E-state index is 2.63. The van der Waals surface area contributed by atoms with Gasteiger partial charge in [-0.3, -0.25) is 0 Å². The summed E-state index contributed by atoms with van der Waals surface area (Å²) in [6.45, 7) is 0. The summed E-state index contributed by atoms with van der Waals surface area (Å²) >= 11 is 0. The molecule has 0 saturated carbocycles. The van der Waals surface area contributed by atoms with Gasteiger partial charge in [0.15, 0.2) is 0 Å². The van der Waals surface area contributed by atoms with Gasteiger partial charge in [0.25, 0.3) is 0 Å². The van der Waals surface area contributed by atoms with Gasteiger partial charge in [-0.25, -0.2) is 0 Å². The minimum Gasteiger partial charge on any atom is -0.106 e. The summed E-state index contributed by atoms with van der Waals surface area (Å²) in [6, 6.07) is 30.4. The molecule has 3 rings (SSSR count). The minimum absolute atomic E-state index is 0. The van der Waals surface area contributed by atoms with Crippen molar-refractivity contribution in [2.75, 3.05) is 0 Å². The van der Waals surface area contributed by atoms with Crippen molar-refractivity contribution >= 4 is 43.6 Å². The first-order chi connectivity index (χ1) is 10.2. The van der Waals surface area contributed by atoms with Gasteiger partial charge in [-0.2, -0.15) is 0 Å². The van der Waals surface area contributed by atoms with Crippen LogP contribution >= 0.6 is 27.7 Å². The maximum atomic E-state index is 2.63. The van der Waals surface area contributed by atoms with E-state index in [1.54, 1.807) is 0 Å². The van der Waals surface area contributed by atoms with Crippen LogP contribution in [0.4, 0.5) is 0 Å². The van der Waals surface area contributed by atoms with E-state index in [2.05, 4.69) is 27.7 Å². The summed E-state index contributed by atoms with van der Waals surface area (Å²) in [5.74, 6) is 0. The third-order valence-electron chi connectivity index (χ3n) is 2.40. The van der Waals surface area contributed by atoms with Crippen molar-refractivity contribution in [1.29, 1.82) is 0 Å². The summed E-state index contributed by atoms with van der Waals surface area (Å²) in [4.78, 5) is 0. The Morgan fingerprint density at radius 1 is 0.364 bits per heavy atom. The molecule has 4 heteroatoms. The van der Waals surface area contributed by atoms with E-state index >= 15 is 0 Å². The molecule has 0 aromatic heterocycles. The molecule has 118 valence electrons. The molecular weight excluding hydrogens is 416 g/mol. The quantitative estimate of drug-likeness (QED) is 0.373. The molecule has 0 bridgehead atoms. The number of rotatable bonds is 0. The van der Waals surface area contributed by atoms with Crippen molar-refractivity contribution in [3.05, 3.63) is 91.0 Å². The Labute approximate surface area is 154 Å². The van der Waals surface area contributed by atoms with E-state index in [-0.39, 0.29) is 20.4 Å². The number of benzene rings is 3. The van der Waals surface area contributed by atoms with Gasteiger partial charge in [-0.05, 0) is 15.9 Å². The van der Waals surface area contributed by atoms with E-state index in [0.29, 0.717) is 0 Å². The average Bonchev–Trinajstić information content (AvgIpc) is 2.51. The third-order valence-corrected chi connectivity index (χ3v) is 3.55. The van der Waals surface area contributed by atoms with Gasteiger partial charge in [-0.1, -0.05) is 91.0 Å². The number of hydrogen-bond acceptors (Lipinski definition) is 0. The zero-order chi connectivity index (χ0) is 15.3. The second-order valence-electron chi connectivity index (χ2n) is 4.23. The van der Waals surface area contributed by atoms with Gasteiger partial charge >= 0.3 is 0 Å². The summed E-state index contributed by atoms with van der Waals surface area (Å²) in [5.41, 5.74) is 0. The zero-order valence-electron chi connectivity index (χ0n) is 12.2. The first kappa shape index (κ1) is 21.6. The van der Waals surface area contributed by atoms with Crippen LogP contribution in [0.2, 0.25) is 0 Å². The van der Waals surface area contributed by atoms with Crippen LogP contribution in [-0.2, 0) is 20.4 Å². The Hall–Kier alpha value is -0.388. The molecule has 0 heterocycles. The van der Waals surface area contributed by atoms with Gasteiger partial charge in [0.05, 0.1) is 0 Å². The van der Waals surface area contributed by atoms with Crippen LogP contribution in [0, 0.1) is 0 Å². The second kappa shape index (κ2) is 14.2. The van der Waals surface area contributed by atoms with Crippen molar-refractivity contribution in [1.82, 2.24) is 0 Å². The second-order valence-corrected chi connectivity index (χ2v) is 6.23. The van der Waals surface area contributed by atoms with Gasteiger partial charge in [0.1, 0.15) is 0 Å². The van der Waals surface area contributed by atoms with Gasteiger partial charge in [0.2, 0.25) is 0 Å². The van der Waals surface area contributed by atoms with Crippen molar-refractivity contribution in [3.63, 3.8) is 0 Å². The molecule has 0 nitrogen and oxygen atoms in total. The Kier molecular flexibility index (Phi) is 14.0. The summed E-state index contributed by atoms with van der Waals surface area (Å²) in [5, 5.41) is 3.72. The Morgan fingerprint density at radius 3 is 0.636 bits per heavy atom. The van der Waals surface area contributed by atoms with E-state index in [9.17, 15) is 0 Å². The van der Waals surface area contributed by atoms with Crippen LogP contribution in [0.1, 0.15) is 0 Å². The molecule has 0 aliphatic heterocycles. The summed E-state index contributed by atoms with van der Waals surface area (Å²) < 4.78 is 0. The molecule has 0 radical (unpaired) electrons. The molecule has 22 heavy (non-hydrogen) atoms. The van der Waals surface area contributed by atoms with Crippen molar-refractivity contribution in [3.8, 4) is 0 Å². The molecule has 3 aromatic carbocycles. The first-order valence-corrected chi connectivity index (χ1v) is 8.33. The molecule has 3 atom stereocenters. The van der Waals surface area contributed by atoms with E-state index < -0.39 is 0 Å². The van der Waals surface area contributed by atoms with Crippen LogP contribution in [0.5, 0.6) is 0 Å². The fourth-order valence-electron chi connectivity index (χ4n) is 1.36. The molecule has 0 aliphatic carbocycles. The maximum Gasteiger partial charge on any atom is 0 e. The van der Waals surface area contributed by atoms with Crippen LogP contribution in [-0.4, -0.2) is 0 Å². The summed E-state index contributed by atoms with van der Waals surface area (Å²) in [6.07, 6.45) is 0. The molecule has 3 unspecified atom stereocenters. The molecule has 0 aliphatic rings. The molecule has 0 saturated heterocycles. The predicted molar refractivity (Wildman–Crippen MR) is 107 cm³/mol.